The maximum absolute atomic E-state index is 11.2. The van der Waals surface area contributed by atoms with Gasteiger partial charge in [-0.05, 0) is 25.2 Å². The van der Waals surface area contributed by atoms with Gasteiger partial charge in [0.2, 0.25) is 0 Å². The number of nitrogens with two attached hydrogens (primary N) is 1. The molecule has 1 aliphatic carbocycles. The Morgan fingerprint density at radius 1 is 1.78 bits per heavy atom. The zero-order chi connectivity index (χ0) is 13.2. The van der Waals surface area contributed by atoms with Crippen LogP contribution in [0.5, 0.6) is 0 Å². The zero-order valence-electron chi connectivity index (χ0n) is 10.3. The van der Waals surface area contributed by atoms with Gasteiger partial charge >= 0.3 is 5.69 Å². The molecule has 1 aromatic rings. The highest BCUT2D eigenvalue weighted by Gasteiger charge is 2.39. The zero-order valence-corrected chi connectivity index (χ0v) is 11.2. The molecule has 7 heteroatoms. The molecule has 98 valence electrons. The monoisotopic (exact) mass is 267 g/mol. The standard InChI is InChI=1S/C11H17N5OS/c1-16-9(17)14-15-10(16)18-6-4-8-3-2-5-11(8,13)7-12/h8H,2-6,13H2,1H3,(H,14,17). The van der Waals surface area contributed by atoms with Crippen LogP contribution in [-0.2, 0) is 7.05 Å². The molecule has 1 fully saturated rings. The molecule has 0 aromatic carbocycles. The average molecular weight is 267 g/mol. The Balaban J connectivity index is 1.88. The van der Waals surface area contributed by atoms with Gasteiger partial charge in [0.15, 0.2) is 5.16 Å². The van der Waals surface area contributed by atoms with Crippen molar-refractivity contribution >= 4 is 11.8 Å². The molecule has 0 amide bonds. The molecule has 0 radical (unpaired) electrons. The summed E-state index contributed by atoms with van der Waals surface area (Å²) >= 11 is 1.52. The van der Waals surface area contributed by atoms with Crippen molar-refractivity contribution in [2.75, 3.05) is 5.75 Å². The summed E-state index contributed by atoms with van der Waals surface area (Å²) in [6.45, 7) is 0. The van der Waals surface area contributed by atoms with E-state index in [1.165, 1.54) is 16.3 Å². The first-order valence-electron chi connectivity index (χ1n) is 6.01. The van der Waals surface area contributed by atoms with Crippen molar-refractivity contribution in [2.24, 2.45) is 18.7 Å². The van der Waals surface area contributed by atoms with E-state index in [4.69, 9.17) is 11.0 Å². The summed E-state index contributed by atoms with van der Waals surface area (Å²) in [7, 11) is 1.69. The molecule has 1 aliphatic rings. The minimum atomic E-state index is -0.655. The number of hydrogen-bond acceptors (Lipinski definition) is 5. The van der Waals surface area contributed by atoms with E-state index in [0.29, 0.717) is 5.16 Å². The van der Waals surface area contributed by atoms with Crippen LogP contribution in [-0.4, -0.2) is 26.1 Å². The summed E-state index contributed by atoms with van der Waals surface area (Å²) in [6.07, 6.45) is 3.72. The third kappa shape index (κ3) is 2.44. The molecule has 2 unspecified atom stereocenters. The van der Waals surface area contributed by atoms with Gasteiger partial charge in [-0.3, -0.25) is 4.57 Å². The van der Waals surface area contributed by atoms with Crippen LogP contribution in [0.3, 0.4) is 0 Å². The van der Waals surface area contributed by atoms with Gasteiger partial charge in [-0.15, -0.1) is 5.10 Å². The molecular formula is C11H17N5OS. The summed E-state index contributed by atoms with van der Waals surface area (Å²) in [5, 5.41) is 16.1. The number of H-pyrrole nitrogens is 1. The van der Waals surface area contributed by atoms with Gasteiger partial charge in [0.05, 0.1) is 6.07 Å². The first kappa shape index (κ1) is 13.2. The number of nitrogens with one attached hydrogen (secondary N) is 1. The Bertz CT molecular complexity index is 516. The molecule has 0 aliphatic heterocycles. The number of aromatic nitrogens is 3. The molecule has 2 atom stereocenters. The molecule has 2 rings (SSSR count). The molecule has 0 spiro atoms. The highest BCUT2D eigenvalue weighted by atomic mass is 32.2. The maximum atomic E-state index is 11.2. The first-order valence-corrected chi connectivity index (χ1v) is 7.00. The van der Waals surface area contributed by atoms with Crippen LogP contribution in [0.1, 0.15) is 25.7 Å². The molecular weight excluding hydrogens is 250 g/mol. The van der Waals surface area contributed by atoms with E-state index in [2.05, 4.69) is 16.3 Å². The van der Waals surface area contributed by atoms with Crippen LogP contribution in [0.4, 0.5) is 0 Å². The fraction of sp³-hybridized carbons (Fsp3) is 0.727. The fourth-order valence-electron chi connectivity index (χ4n) is 2.41. The van der Waals surface area contributed by atoms with Crippen molar-refractivity contribution in [1.82, 2.24) is 14.8 Å². The predicted octanol–water partition coefficient (Wildman–Crippen LogP) is 0.612. The topological polar surface area (TPSA) is 100 Å². The number of rotatable bonds is 4. The van der Waals surface area contributed by atoms with Gasteiger partial charge in [-0.1, -0.05) is 18.2 Å². The lowest BCUT2D eigenvalue weighted by Crippen LogP contribution is -2.41. The molecule has 0 bridgehead atoms. The first-order chi connectivity index (χ1) is 8.57. The van der Waals surface area contributed by atoms with Crippen molar-refractivity contribution < 1.29 is 0 Å². The fourth-order valence-corrected chi connectivity index (χ4v) is 3.38. The number of nitriles is 1. The molecule has 0 saturated heterocycles. The van der Waals surface area contributed by atoms with Crippen LogP contribution in [0.25, 0.3) is 0 Å². The molecule has 1 saturated carbocycles. The molecule has 18 heavy (non-hydrogen) atoms. The van der Waals surface area contributed by atoms with Crippen LogP contribution in [0.15, 0.2) is 9.95 Å². The molecule has 6 nitrogen and oxygen atoms in total. The predicted molar refractivity (Wildman–Crippen MR) is 69.0 cm³/mol. The summed E-state index contributed by atoms with van der Waals surface area (Å²) in [5.41, 5.74) is 5.21. The van der Waals surface area contributed by atoms with Crippen molar-refractivity contribution in [3.05, 3.63) is 10.5 Å². The van der Waals surface area contributed by atoms with Gasteiger partial charge in [0, 0.05) is 12.8 Å². The molecule has 1 heterocycles. The van der Waals surface area contributed by atoms with Gasteiger partial charge in [0.25, 0.3) is 0 Å². The van der Waals surface area contributed by atoms with Crippen LogP contribution in [0, 0.1) is 17.2 Å². The summed E-state index contributed by atoms with van der Waals surface area (Å²) in [5.74, 6) is 1.08. The van der Waals surface area contributed by atoms with Crippen molar-refractivity contribution in [3.8, 4) is 6.07 Å². The van der Waals surface area contributed by atoms with E-state index < -0.39 is 5.54 Å². The van der Waals surface area contributed by atoms with E-state index in [9.17, 15) is 4.79 Å². The van der Waals surface area contributed by atoms with Gasteiger partial charge in [-0.2, -0.15) is 5.26 Å². The largest absolute Gasteiger partial charge is 0.343 e. The third-order valence-corrected chi connectivity index (χ3v) is 4.68. The normalized spacial score (nSPS) is 27.3. The third-order valence-electron chi connectivity index (χ3n) is 3.62. The van der Waals surface area contributed by atoms with Crippen LogP contribution < -0.4 is 11.4 Å². The van der Waals surface area contributed by atoms with Gasteiger partial charge in [-0.25, -0.2) is 9.89 Å². The highest BCUT2D eigenvalue weighted by molar-refractivity contribution is 7.99. The smallest absolute Gasteiger partial charge is 0.313 e. The SMILES string of the molecule is Cn1c(SCCC2CCCC2(N)C#N)n[nH]c1=O. The Kier molecular flexibility index (Phi) is 3.78. The Morgan fingerprint density at radius 3 is 3.17 bits per heavy atom. The quantitative estimate of drug-likeness (QED) is 0.778. The lowest BCUT2D eigenvalue weighted by Gasteiger charge is -2.23. The van der Waals surface area contributed by atoms with Crippen molar-refractivity contribution in [2.45, 2.75) is 36.4 Å². The van der Waals surface area contributed by atoms with Gasteiger partial charge in [0.1, 0.15) is 5.54 Å². The van der Waals surface area contributed by atoms with Crippen molar-refractivity contribution in [3.63, 3.8) is 0 Å². The van der Waals surface area contributed by atoms with E-state index >= 15 is 0 Å². The number of thioether (sulfide) groups is 1. The second kappa shape index (κ2) is 5.16. The van der Waals surface area contributed by atoms with E-state index in [0.717, 1.165) is 31.4 Å². The Labute approximate surface area is 110 Å². The maximum Gasteiger partial charge on any atom is 0.343 e. The van der Waals surface area contributed by atoms with Gasteiger partial charge < -0.3 is 5.73 Å². The summed E-state index contributed by atoms with van der Waals surface area (Å²) in [4.78, 5) is 11.2. The Morgan fingerprint density at radius 2 is 2.56 bits per heavy atom. The van der Waals surface area contributed by atoms with Crippen LogP contribution in [0.2, 0.25) is 0 Å². The number of nitrogens with zero attached hydrogens (tertiary/aromatic N) is 3. The highest BCUT2D eigenvalue weighted by Crippen LogP contribution is 2.36. The van der Waals surface area contributed by atoms with E-state index in [1.54, 1.807) is 7.05 Å². The lowest BCUT2D eigenvalue weighted by atomic mass is 9.88. The number of hydrogen-bond donors (Lipinski definition) is 2. The van der Waals surface area contributed by atoms with E-state index in [-0.39, 0.29) is 11.6 Å². The Hall–Kier alpha value is -1.26. The average Bonchev–Trinajstić information content (AvgIpc) is 2.88. The number of aromatic amines is 1. The molecule has 1 aromatic heterocycles. The van der Waals surface area contributed by atoms with Crippen molar-refractivity contribution in [1.29, 1.82) is 5.26 Å². The summed E-state index contributed by atoms with van der Waals surface area (Å²) < 4.78 is 1.49. The molecule has 3 N–H and O–H groups in total. The summed E-state index contributed by atoms with van der Waals surface area (Å²) in [6, 6.07) is 2.25. The minimum absolute atomic E-state index is 0.205. The minimum Gasteiger partial charge on any atom is -0.313 e. The second-order valence-corrected chi connectivity index (χ2v) is 5.81. The van der Waals surface area contributed by atoms with E-state index in [1.807, 2.05) is 0 Å². The van der Waals surface area contributed by atoms with Crippen LogP contribution >= 0.6 is 11.8 Å². The second-order valence-electron chi connectivity index (χ2n) is 4.75. The lowest BCUT2D eigenvalue weighted by molar-refractivity contribution is 0.389.